The van der Waals surface area contributed by atoms with E-state index in [1.165, 1.54) is 24.6 Å². The fraction of sp³-hybridized carbons (Fsp3) is 0.533. The molecule has 2 unspecified atom stereocenters. The predicted octanol–water partition coefficient (Wildman–Crippen LogP) is 3.65. The first-order valence-electron chi connectivity index (χ1n) is 7.33. The van der Waals surface area contributed by atoms with Crippen molar-refractivity contribution in [1.29, 1.82) is 0 Å². The van der Waals surface area contributed by atoms with Gasteiger partial charge in [-0.05, 0) is 37.3 Å². The lowest BCUT2D eigenvalue weighted by Crippen LogP contribution is -2.39. The first kappa shape index (κ1) is 14.3. The quantitative estimate of drug-likeness (QED) is 0.619. The molecule has 5 nitrogen and oxygen atoms in total. The van der Waals surface area contributed by atoms with Crippen molar-refractivity contribution in [3.05, 3.63) is 38.9 Å². The summed E-state index contributed by atoms with van der Waals surface area (Å²) in [5.74, 6) is 0.305. The predicted molar refractivity (Wildman–Crippen MR) is 79.5 cm³/mol. The number of benzene rings is 1. The van der Waals surface area contributed by atoms with Gasteiger partial charge in [-0.2, -0.15) is 0 Å². The molecule has 0 aromatic heterocycles. The molecule has 112 valence electrons. The van der Waals surface area contributed by atoms with E-state index in [-0.39, 0.29) is 23.2 Å². The SMILES string of the molecule is O=C(c1cc(Cl)ccc1[N+](=O)[O-])N1CCC2CCCCC21. The number of likely N-dealkylation sites (tertiary alicyclic amines) is 1. The Morgan fingerprint density at radius 2 is 2.05 bits per heavy atom. The summed E-state index contributed by atoms with van der Waals surface area (Å²) in [7, 11) is 0. The summed E-state index contributed by atoms with van der Waals surface area (Å²) in [6, 6.07) is 4.41. The van der Waals surface area contributed by atoms with Gasteiger partial charge in [0.15, 0.2) is 0 Å². The smallest absolute Gasteiger partial charge is 0.282 e. The van der Waals surface area contributed by atoms with E-state index in [2.05, 4.69) is 0 Å². The van der Waals surface area contributed by atoms with Gasteiger partial charge < -0.3 is 4.90 Å². The van der Waals surface area contributed by atoms with Crippen LogP contribution in [0.1, 0.15) is 42.5 Å². The second-order valence-electron chi connectivity index (χ2n) is 5.82. The van der Waals surface area contributed by atoms with Gasteiger partial charge in [0.05, 0.1) is 4.92 Å². The van der Waals surface area contributed by atoms with Crippen LogP contribution in [0.2, 0.25) is 5.02 Å². The van der Waals surface area contributed by atoms with Crippen molar-refractivity contribution in [2.45, 2.75) is 38.1 Å². The van der Waals surface area contributed by atoms with E-state index in [9.17, 15) is 14.9 Å². The molecule has 0 bridgehead atoms. The zero-order valence-electron chi connectivity index (χ0n) is 11.6. The van der Waals surface area contributed by atoms with Gasteiger partial charge >= 0.3 is 0 Å². The monoisotopic (exact) mass is 308 g/mol. The highest BCUT2D eigenvalue weighted by molar-refractivity contribution is 6.31. The van der Waals surface area contributed by atoms with E-state index in [4.69, 9.17) is 11.6 Å². The third kappa shape index (κ3) is 2.62. The van der Waals surface area contributed by atoms with Gasteiger partial charge in [0.1, 0.15) is 5.56 Å². The molecule has 1 aliphatic heterocycles. The van der Waals surface area contributed by atoms with Crippen molar-refractivity contribution >= 4 is 23.2 Å². The molecule has 2 aliphatic rings. The maximum atomic E-state index is 12.7. The van der Waals surface area contributed by atoms with Crippen LogP contribution in [-0.4, -0.2) is 28.3 Å². The van der Waals surface area contributed by atoms with Crippen molar-refractivity contribution in [1.82, 2.24) is 4.90 Å². The molecule has 1 amide bonds. The van der Waals surface area contributed by atoms with E-state index in [0.29, 0.717) is 17.5 Å². The molecule has 3 rings (SSSR count). The van der Waals surface area contributed by atoms with Gasteiger partial charge in [0, 0.05) is 23.7 Å². The van der Waals surface area contributed by atoms with E-state index in [1.807, 2.05) is 4.90 Å². The summed E-state index contributed by atoms with van der Waals surface area (Å²) in [5, 5.41) is 11.5. The van der Waals surface area contributed by atoms with Crippen LogP contribution in [0.25, 0.3) is 0 Å². The summed E-state index contributed by atoms with van der Waals surface area (Å²) in [6.45, 7) is 0.692. The lowest BCUT2D eigenvalue weighted by Gasteiger charge is -2.31. The van der Waals surface area contributed by atoms with Gasteiger partial charge in [-0.1, -0.05) is 24.4 Å². The molecular weight excluding hydrogens is 292 g/mol. The first-order valence-corrected chi connectivity index (χ1v) is 7.70. The maximum absolute atomic E-state index is 12.7. The number of halogens is 1. The molecule has 2 atom stereocenters. The van der Waals surface area contributed by atoms with E-state index in [1.54, 1.807) is 0 Å². The minimum absolute atomic E-state index is 0.110. The number of nitro benzene ring substituents is 1. The molecule has 1 saturated heterocycles. The number of hydrogen-bond acceptors (Lipinski definition) is 3. The van der Waals surface area contributed by atoms with Gasteiger partial charge in [-0.25, -0.2) is 0 Å². The van der Waals surface area contributed by atoms with Crippen LogP contribution in [0.5, 0.6) is 0 Å². The number of nitrogens with zero attached hydrogens (tertiary/aromatic N) is 2. The van der Waals surface area contributed by atoms with Gasteiger partial charge in [0.25, 0.3) is 11.6 Å². The highest BCUT2D eigenvalue weighted by atomic mass is 35.5. The van der Waals surface area contributed by atoms with E-state index < -0.39 is 4.92 Å². The van der Waals surface area contributed by atoms with Gasteiger partial charge in [-0.3, -0.25) is 14.9 Å². The molecule has 0 spiro atoms. The lowest BCUT2D eigenvalue weighted by atomic mass is 9.85. The summed E-state index contributed by atoms with van der Waals surface area (Å²) in [5.41, 5.74) is -0.0533. The lowest BCUT2D eigenvalue weighted by molar-refractivity contribution is -0.385. The van der Waals surface area contributed by atoms with Crippen LogP contribution in [0.15, 0.2) is 18.2 Å². The van der Waals surface area contributed by atoms with Crippen molar-refractivity contribution in [3.63, 3.8) is 0 Å². The van der Waals surface area contributed by atoms with Crippen LogP contribution in [-0.2, 0) is 0 Å². The largest absolute Gasteiger partial charge is 0.335 e. The topological polar surface area (TPSA) is 63.4 Å². The molecule has 0 radical (unpaired) electrons. The second-order valence-corrected chi connectivity index (χ2v) is 6.25. The van der Waals surface area contributed by atoms with Crippen LogP contribution in [0.3, 0.4) is 0 Å². The summed E-state index contributed by atoms with van der Waals surface area (Å²) in [6.07, 6.45) is 5.52. The Morgan fingerprint density at radius 3 is 2.81 bits per heavy atom. The van der Waals surface area contributed by atoms with Crippen molar-refractivity contribution in [2.75, 3.05) is 6.54 Å². The van der Waals surface area contributed by atoms with Crippen LogP contribution in [0, 0.1) is 16.0 Å². The molecule has 2 fully saturated rings. The molecule has 0 N–H and O–H groups in total. The summed E-state index contributed by atoms with van der Waals surface area (Å²) >= 11 is 5.92. The number of nitro groups is 1. The molecule has 1 aliphatic carbocycles. The van der Waals surface area contributed by atoms with Gasteiger partial charge in [0.2, 0.25) is 0 Å². The Labute approximate surface area is 128 Å². The summed E-state index contributed by atoms with van der Waals surface area (Å²) in [4.78, 5) is 25.2. The maximum Gasteiger partial charge on any atom is 0.282 e. The minimum atomic E-state index is -0.516. The normalized spacial score (nSPS) is 24.7. The van der Waals surface area contributed by atoms with Crippen LogP contribution >= 0.6 is 11.6 Å². The zero-order chi connectivity index (χ0) is 15.0. The molecular formula is C15H17ClN2O3. The molecule has 1 saturated carbocycles. The highest BCUT2D eigenvalue weighted by Crippen LogP contribution is 2.37. The third-order valence-corrected chi connectivity index (χ3v) is 4.89. The van der Waals surface area contributed by atoms with E-state index in [0.717, 1.165) is 25.7 Å². The Hall–Kier alpha value is -1.62. The standard InChI is InChI=1S/C15H17ClN2O3/c16-11-5-6-14(18(20)21)12(9-11)15(19)17-8-7-10-3-1-2-4-13(10)17/h5-6,9-10,13H,1-4,7-8H2. The number of hydrogen-bond donors (Lipinski definition) is 0. The fourth-order valence-electron chi connectivity index (χ4n) is 3.65. The number of amides is 1. The number of carbonyl (C=O) groups excluding carboxylic acids is 1. The Bertz CT molecular complexity index is 590. The van der Waals surface area contributed by atoms with Crippen LogP contribution < -0.4 is 0 Å². The first-order chi connectivity index (χ1) is 10.1. The fourth-order valence-corrected chi connectivity index (χ4v) is 3.82. The Kier molecular flexibility index (Phi) is 3.85. The average molecular weight is 309 g/mol. The van der Waals surface area contributed by atoms with E-state index >= 15 is 0 Å². The van der Waals surface area contributed by atoms with Crippen LogP contribution in [0.4, 0.5) is 5.69 Å². The van der Waals surface area contributed by atoms with Gasteiger partial charge in [-0.15, -0.1) is 0 Å². The number of fused-ring (bicyclic) bond motifs is 1. The third-order valence-electron chi connectivity index (χ3n) is 4.66. The minimum Gasteiger partial charge on any atom is -0.335 e. The molecule has 1 heterocycles. The Balaban J connectivity index is 1.92. The summed E-state index contributed by atoms with van der Waals surface area (Å²) < 4.78 is 0. The number of carbonyl (C=O) groups is 1. The average Bonchev–Trinajstić information content (AvgIpc) is 2.90. The zero-order valence-corrected chi connectivity index (χ0v) is 12.4. The van der Waals surface area contributed by atoms with Crippen molar-refractivity contribution in [3.8, 4) is 0 Å². The molecule has 1 aromatic rings. The highest BCUT2D eigenvalue weighted by Gasteiger charge is 2.39. The van der Waals surface area contributed by atoms with Crippen molar-refractivity contribution < 1.29 is 9.72 Å². The second kappa shape index (κ2) is 5.64. The van der Waals surface area contributed by atoms with Crippen molar-refractivity contribution in [2.24, 2.45) is 5.92 Å². The Morgan fingerprint density at radius 1 is 1.29 bits per heavy atom. The molecule has 21 heavy (non-hydrogen) atoms. The molecule has 6 heteroatoms. The molecule has 1 aromatic carbocycles. The number of rotatable bonds is 2.